The highest BCUT2D eigenvalue weighted by Crippen LogP contribution is 2.56. The van der Waals surface area contributed by atoms with E-state index >= 15 is 0 Å². The first-order valence-corrected chi connectivity index (χ1v) is 13.9. The molecule has 3 atom stereocenters. The van der Waals surface area contributed by atoms with Crippen molar-refractivity contribution in [2.45, 2.75) is 24.9 Å². The van der Waals surface area contributed by atoms with Crippen LogP contribution in [-0.2, 0) is 18.9 Å². The van der Waals surface area contributed by atoms with Gasteiger partial charge in [0, 0.05) is 47.7 Å². The van der Waals surface area contributed by atoms with Gasteiger partial charge in [0.25, 0.3) is 5.56 Å². The molecule has 0 amide bonds. The molecule has 0 saturated carbocycles. The van der Waals surface area contributed by atoms with E-state index in [4.69, 9.17) is 25.8 Å². The molecule has 0 saturated heterocycles. The molecule has 0 bridgehead atoms. The number of methoxy groups -OCH3 is 2. The molecule has 0 radical (unpaired) electrons. The van der Waals surface area contributed by atoms with Gasteiger partial charge in [-0.2, -0.15) is 0 Å². The molecular formula is C29H25BrClN3O7. The molecule has 41 heavy (non-hydrogen) atoms. The van der Waals surface area contributed by atoms with E-state index in [1.165, 1.54) is 31.9 Å². The highest BCUT2D eigenvalue weighted by Gasteiger charge is 2.63. The van der Waals surface area contributed by atoms with E-state index in [1.807, 2.05) is 12.1 Å². The first kappa shape index (κ1) is 27.3. The van der Waals surface area contributed by atoms with Crippen molar-refractivity contribution in [1.29, 1.82) is 0 Å². The fourth-order valence-electron chi connectivity index (χ4n) is 6.21. The number of anilines is 1. The van der Waals surface area contributed by atoms with Crippen LogP contribution < -0.4 is 30.8 Å². The van der Waals surface area contributed by atoms with Crippen molar-refractivity contribution in [1.82, 2.24) is 9.13 Å². The van der Waals surface area contributed by atoms with Crippen molar-refractivity contribution in [2.24, 2.45) is 20.0 Å². The summed E-state index contributed by atoms with van der Waals surface area (Å²) < 4.78 is 20.3. The molecule has 2 aliphatic heterocycles. The maximum absolute atomic E-state index is 14.8. The molecule has 2 aromatic carbocycles. The topological polar surface area (TPSA) is 118 Å². The summed E-state index contributed by atoms with van der Waals surface area (Å²) in [6, 6.07) is 8.71. The Morgan fingerprint density at radius 3 is 2.41 bits per heavy atom. The number of hydrogen-bond acceptors (Lipinski definition) is 8. The number of nitrogens with one attached hydrogen (secondary N) is 1. The van der Waals surface area contributed by atoms with Gasteiger partial charge in [-0.05, 0) is 24.1 Å². The van der Waals surface area contributed by atoms with Crippen molar-refractivity contribution in [3.8, 4) is 17.2 Å². The van der Waals surface area contributed by atoms with Crippen LogP contribution in [0.2, 0.25) is 5.02 Å². The second-order valence-electron chi connectivity index (χ2n) is 10.4. The van der Waals surface area contributed by atoms with Gasteiger partial charge in [-0.15, -0.1) is 0 Å². The molecule has 3 aliphatic rings. The van der Waals surface area contributed by atoms with Crippen molar-refractivity contribution in [2.75, 3.05) is 19.5 Å². The summed E-state index contributed by atoms with van der Waals surface area (Å²) in [7, 11) is 5.78. The van der Waals surface area contributed by atoms with Crippen LogP contribution in [0.5, 0.6) is 17.2 Å². The number of rotatable bonds is 3. The van der Waals surface area contributed by atoms with Crippen LogP contribution in [0.1, 0.15) is 40.7 Å². The Hall–Kier alpha value is -3.83. The number of benzene rings is 2. The number of hydrogen-bond donors (Lipinski definition) is 1. The van der Waals surface area contributed by atoms with Crippen LogP contribution in [0.3, 0.4) is 0 Å². The van der Waals surface area contributed by atoms with E-state index in [9.17, 15) is 19.2 Å². The number of allylic oxidation sites excluding steroid dienone is 1. The van der Waals surface area contributed by atoms with Gasteiger partial charge in [0.1, 0.15) is 27.9 Å². The Labute approximate surface area is 247 Å². The summed E-state index contributed by atoms with van der Waals surface area (Å²) in [5.74, 6) is -2.01. The first-order chi connectivity index (χ1) is 19.5. The van der Waals surface area contributed by atoms with Crippen molar-refractivity contribution in [3.63, 3.8) is 0 Å². The molecule has 1 aliphatic carbocycles. The third-order valence-corrected chi connectivity index (χ3v) is 9.11. The van der Waals surface area contributed by atoms with E-state index in [-0.39, 0.29) is 45.4 Å². The summed E-state index contributed by atoms with van der Waals surface area (Å²) in [5, 5.41) is 3.25. The third-order valence-electron chi connectivity index (χ3n) is 8.26. The maximum atomic E-state index is 14.8. The zero-order chi connectivity index (χ0) is 29.5. The number of carbonyl (C=O) groups excluding carboxylic acids is 2. The molecule has 1 unspecified atom stereocenters. The van der Waals surface area contributed by atoms with Crippen LogP contribution in [0.25, 0.3) is 0 Å². The molecule has 0 fully saturated rings. The molecule has 1 spiro atoms. The van der Waals surface area contributed by atoms with Gasteiger partial charge in [0.2, 0.25) is 17.2 Å². The van der Waals surface area contributed by atoms with E-state index in [0.29, 0.717) is 17.1 Å². The Balaban J connectivity index is 1.62. The van der Waals surface area contributed by atoms with Gasteiger partial charge < -0.3 is 19.5 Å². The number of halogens is 2. The fourth-order valence-corrected chi connectivity index (χ4v) is 6.89. The van der Waals surface area contributed by atoms with Gasteiger partial charge >= 0.3 is 5.69 Å². The Morgan fingerprint density at radius 1 is 1.05 bits per heavy atom. The average Bonchev–Trinajstić information content (AvgIpc) is 3.27. The van der Waals surface area contributed by atoms with Crippen molar-refractivity contribution < 1.29 is 23.8 Å². The predicted octanol–water partition coefficient (Wildman–Crippen LogP) is 3.95. The maximum Gasteiger partial charge on any atom is 0.332 e. The van der Waals surface area contributed by atoms with Crippen LogP contribution in [0, 0.1) is 5.92 Å². The quantitative estimate of drug-likeness (QED) is 0.427. The van der Waals surface area contributed by atoms with E-state index in [0.717, 1.165) is 9.04 Å². The molecule has 1 aromatic heterocycles. The fraction of sp³-hybridized carbons (Fsp3) is 0.310. The molecular weight excluding hydrogens is 618 g/mol. The smallest absolute Gasteiger partial charge is 0.332 e. The highest BCUT2D eigenvalue weighted by molar-refractivity contribution is 9.10. The molecule has 212 valence electrons. The van der Waals surface area contributed by atoms with Gasteiger partial charge in [0.15, 0.2) is 5.75 Å². The van der Waals surface area contributed by atoms with Crippen LogP contribution in [0.15, 0.2) is 55.7 Å². The summed E-state index contributed by atoms with van der Waals surface area (Å²) in [6.45, 7) is 1.75. The van der Waals surface area contributed by atoms with Crippen LogP contribution >= 0.6 is 27.5 Å². The Kier molecular flexibility index (Phi) is 6.24. The van der Waals surface area contributed by atoms with E-state index in [2.05, 4.69) is 21.2 Å². The molecule has 12 heteroatoms. The third kappa shape index (κ3) is 3.54. The number of carbonyl (C=O) groups is 2. The lowest BCUT2D eigenvalue weighted by Gasteiger charge is -2.42. The van der Waals surface area contributed by atoms with E-state index in [1.54, 1.807) is 26.1 Å². The monoisotopic (exact) mass is 641 g/mol. The first-order valence-electron chi connectivity index (χ1n) is 12.8. The number of ketones is 2. The van der Waals surface area contributed by atoms with Crippen molar-refractivity contribution >= 4 is 44.9 Å². The van der Waals surface area contributed by atoms with Gasteiger partial charge in [-0.25, -0.2) is 4.79 Å². The summed E-state index contributed by atoms with van der Waals surface area (Å²) >= 11 is 10.1. The second kappa shape index (κ2) is 9.35. The molecule has 1 N–H and O–H groups in total. The van der Waals surface area contributed by atoms with Crippen LogP contribution in [-0.4, -0.2) is 40.5 Å². The zero-order valence-electron chi connectivity index (χ0n) is 22.8. The van der Waals surface area contributed by atoms with E-state index < -0.39 is 40.3 Å². The zero-order valence-corrected chi connectivity index (χ0v) is 25.1. The summed E-state index contributed by atoms with van der Waals surface area (Å²) in [4.78, 5) is 55.6. The van der Waals surface area contributed by atoms with Gasteiger partial charge in [-0.3, -0.25) is 23.5 Å². The molecule has 6 rings (SSSR count). The lowest BCUT2D eigenvalue weighted by molar-refractivity contribution is -0.130. The average molecular weight is 643 g/mol. The van der Waals surface area contributed by atoms with Gasteiger partial charge in [-0.1, -0.05) is 46.6 Å². The summed E-state index contributed by atoms with van der Waals surface area (Å²) in [6.07, 6.45) is 0.214. The van der Waals surface area contributed by atoms with Crippen molar-refractivity contribution in [3.05, 3.63) is 88.6 Å². The largest absolute Gasteiger partial charge is 0.496 e. The Morgan fingerprint density at radius 2 is 1.76 bits per heavy atom. The minimum absolute atomic E-state index is 0.0126. The minimum atomic E-state index is -1.96. The summed E-state index contributed by atoms with van der Waals surface area (Å²) in [5.41, 5.74) is -1.39. The molecule has 3 heterocycles. The minimum Gasteiger partial charge on any atom is -0.496 e. The Bertz CT molecular complexity index is 1860. The standard InChI is InChI=1S/C29H25BrClN3O7/c1-12-9-15-19(24(35)29(12)25(36)20-16(39-4)11-17(40-5)22(31)23(20)41-29)18(13-7-6-8-14(30)10-13)21-26(32-15)33(2)28(38)34(3)27(21)37/h6-8,10-12,18,32H,9H2,1-5H3/t12-,18?,29+/m1/s1. The molecule has 10 nitrogen and oxygen atoms in total. The second-order valence-corrected chi connectivity index (χ2v) is 11.7. The number of ether oxygens (including phenoxy) is 3. The number of aromatic nitrogens is 2. The predicted molar refractivity (Wildman–Crippen MR) is 155 cm³/mol. The normalized spacial score (nSPS) is 22.6. The highest BCUT2D eigenvalue weighted by atomic mass is 79.9. The molecule has 3 aromatic rings. The lowest BCUT2D eigenvalue weighted by atomic mass is 9.66. The number of fused-ring (bicyclic) bond motifs is 2. The SMILES string of the molecule is COc1cc(OC)c2c(c1Cl)O[C@@]1(C(=O)C3=C(C[C@H]1C)Nc1c(c(=O)n(C)c(=O)n1C)C3c1cccc(Br)c1)C2=O. The van der Waals surface area contributed by atoms with Gasteiger partial charge in [0.05, 0.1) is 19.8 Å². The number of Topliss-reactive ketones (excluding diaryl/α,β-unsaturated/α-hetero) is 2. The lowest BCUT2D eigenvalue weighted by Crippen LogP contribution is -2.58. The van der Waals surface area contributed by atoms with Crippen LogP contribution in [0.4, 0.5) is 5.82 Å². The number of nitrogens with zero attached hydrogens (tertiary/aromatic N) is 2.